The van der Waals surface area contributed by atoms with Crippen LogP contribution in [-0.4, -0.2) is 54.3 Å². The first kappa shape index (κ1) is 15.3. The standard InChI is InChI=1S/C13H22ClN5O/c1-4-19(5-2)13-16-11(14)15-12(17-13)18(3)10-6-8-20-9-7-10/h10H,4-9H2,1-3H3. The van der Waals surface area contributed by atoms with E-state index < -0.39 is 0 Å². The summed E-state index contributed by atoms with van der Waals surface area (Å²) in [5.74, 6) is 1.28. The molecule has 0 radical (unpaired) electrons. The summed E-state index contributed by atoms with van der Waals surface area (Å²) in [7, 11) is 2.01. The molecular formula is C13H22ClN5O. The fraction of sp³-hybridized carbons (Fsp3) is 0.769. The molecule has 112 valence electrons. The van der Waals surface area contributed by atoms with E-state index in [1.54, 1.807) is 0 Å². The number of hydrogen-bond acceptors (Lipinski definition) is 6. The van der Waals surface area contributed by atoms with Crippen LogP contribution >= 0.6 is 11.6 Å². The molecule has 1 saturated heterocycles. The number of nitrogens with zero attached hydrogens (tertiary/aromatic N) is 5. The van der Waals surface area contributed by atoms with Gasteiger partial charge in [-0.25, -0.2) is 0 Å². The third kappa shape index (κ3) is 3.49. The van der Waals surface area contributed by atoms with Crippen LogP contribution in [0.2, 0.25) is 5.28 Å². The summed E-state index contributed by atoms with van der Waals surface area (Å²) in [4.78, 5) is 17.2. The summed E-state index contributed by atoms with van der Waals surface area (Å²) in [6, 6.07) is 0.395. The van der Waals surface area contributed by atoms with E-state index in [1.165, 1.54) is 0 Å². The third-order valence-corrected chi connectivity index (χ3v) is 3.85. The first-order chi connectivity index (χ1) is 9.65. The highest BCUT2D eigenvalue weighted by Crippen LogP contribution is 2.21. The second-order valence-electron chi connectivity index (χ2n) is 4.83. The van der Waals surface area contributed by atoms with Gasteiger partial charge >= 0.3 is 0 Å². The van der Waals surface area contributed by atoms with E-state index in [0.29, 0.717) is 17.9 Å². The lowest BCUT2D eigenvalue weighted by atomic mass is 10.1. The van der Waals surface area contributed by atoms with Crippen molar-refractivity contribution in [3.8, 4) is 0 Å². The molecule has 0 N–H and O–H groups in total. The van der Waals surface area contributed by atoms with Crippen molar-refractivity contribution in [2.24, 2.45) is 0 Å². The summed E-state index contributed by atoms with van der Waals surface area (Å²) < 4.78 is 5.39. The molecule has 0 amide bonds. The Bertz CT molecular complexity index is 435. The molecule has 1 aliphatic rings. The van der Waals surface area contributed by atoms with Crippen molar-refractivity contribution in [1.29, 1.82) is 0 Å². The molecule has 0 aliphatic carbocycles. The maximum Gasteiger partial charge on any atom is 0.231 e. The zero-order chi connectivity index (χ0) is 14.5. The van der Waals surface area contributed by atoms with Gasteiger partial charge in [-0.2, -0.15) is 15.0 Å². The Morgan fingerprint density at radius 3 is 2.30 bits per heavy atom. The zero-order valence-electron chi connectivity index (χ0n) is 12.3. The van der Waals surface area contributed by atoms with Gasteiger partial charge in [0, 0.05) is 39.4 Å². The normalized spacial score (nSPS) is 16.2. The molecule has 0 bridgehead atoms. The lowest BCUT2D eigenvalue weighted by molar-refractivity contribution is 0.0852. The van der Waals surface area contributed by atoms with Gasteiger partial charge in [0.2, 0.25) is 17.2 Å². The molecular weight excluding hydrogens is 278 g/mol. The zero-order valence-corrected chi connectivity index (χ0v) is 13.1. The molecule has 2 heterocycles. The minimum atomic E-state index is 0.246. The van der Waals surface area contributed by atoms with Gasteiger partial charge < -0.3 is 14.5 Å². The number of aromatic nitrogens is 3. The van der Waals surface area contributed by atoms with E-state index in [-0.39, 0.29) is 5.28 Å². The molecule has 0 spiro atoms. The SMILES string of the molecule is CCN(CC)c1nc(Cl)nc(N(C)C2CCOCC2)n1. The Balaban J connectivity index is 2.22. The van der Waals surface area contributed by atoms with Gasteiger partial charge in [0.25, 0.3) is 0 Å². The smallest absolute Gasteiger partial charge is 0.231 e. The van der Waals surface area contributed by atoms with Crippen LogP contribution in [0.1, 0.15) is 26.7 Å². The first-order valence-corrected chi connectivity index (χ1v) is 7.50. The largest absolute Gasteiger partial charge is 0.381 e. The quantitative estimate of drug-likeness (QED) is 0.829. The Morgan fingerprint density at radius 2 is 1.70 bits per heavy atom. The topological polar surface area (TPSA) is 54.4 Å². The minimum Gasteiger partial charge on any atom is -0.381 e. The molecule has 0 unspecified atom stereocenters. The van der Waals surface area contributed by atoms with Crippen molar-refractivity contribution in [1.82, 2.24) is 15.0 Å². The number of rotatable bonds is 5. The van der Waals surface area contributed by atoms with E-state index in [4.69, 9.17) is 16.3 Å². The summed E-state index contributed by atoms with van der Waals surface area (Å²) in [6.45, 7) is 7.41. The van der Waals surface area contributed by atoms with E-state index in [1.807, 2.05) is 7.05 Å². The van der Waals surface area contributed by atoms with Gasteiger partial charge in [0.1, 0.15) is 0 Å². The molecule has 20 heavy (non-hydrogen) atoms. The van der Waals surface area contributed by atoms with Crippen LogP contribution in [0.5, 0.6) is 0 Å². The molecule has 0 atom stereocenters. The van der Waals surface area contributed by atoms with Gasteiger partial charge in [-0.05, 0) is 38.3 Å². The molecule has 0 saturated carbocycles. The van der Waals surface area contributed by atoms with Crippen molar-refractivity contribution in [3.63, 3.8) is 0 Å². The summed E-state index contributed by atoms with van der Waals surface area (Å²) in [6.07, 6.45) is 1.97. The van der Waals surface area contributed by atoms with Crippen LogP contribution in [0, 0.1) is 0 Å². The Labute approximate surface area is 125 Å². The van der Waals surface area contributed by atoms with Crippen molar-refractivity contribution in [2.75, 3.05) is 43.2 Å². The predicted octanol–water partition coefficient (Wildman–Crippen LogP) is 1.99. The van der Waals surface area contributed by atoms with Gasteiger partial charge in [0.15, 0.2) is 0 Å². The lowest BCUT2D eigenvalue weighted by Gasteiger charge is -2.31. The monoisotopic (exact) mass is 299 g/mol. The molecule has 7 heteroatoms. The minimum absolute atomic E-state index is 0.246. The second kappa shape index (κ2) is 7.04. The summed E-state index contributed by atoms with van der Waals surface area (Å²) in [5, 5.41) is 0.246. The van der Waals surface area contributed by atoms with Crippen molar-refractivity contribution < 1.29 is 4.74 Å². The fourth-order valence-electron chi connectivity index (χ4n) is 2.37. The second-order valence-corrected chi connectivity index (χ2v) is 5.17. The Morgan fingerprint density at radius 1 is 1.10 bits per heavy atom. The number of ether oxygens (including phenoxy) is 1. The summed E-state index contributed by atoms with van der Waals surface area (Å²) >= 11 is 6.05. The van der Waals surface area contributed by atoms with Gasteiger partial charge in [-0.1, -0.05) is 0 Å². The van der Waals surface area contributed by atoms with Crippen LogP contribution in [0.25, 0.3) is 0 Å². The van der Waals surface area contributed by atoms with E-state index in [2.05, 4.69) is 38.6 Å². The van der Waals surface area contributed by atoms with Crippen molar-refractivity contribution in [2.45, 2.75) is 32.7 Å². The number of anilines is 2. The fourth-order valence-corrected chi connectivity index (χ4v) is 2.52. The molecule has 0 aromatic carbocycles. The molecule has 2 rings (SSSR count). The van der Waals surface area contributed by atoms with Crippen LogP contribution in [-0.2, 0) is 4.74 Å². The molecule has 1 aliphatic heterocycles. The number of halogens is 1. The van der Waals surface area contributed by atoms with Crippen molar-refractivity contribution in [3.05, 3.63) is 5.28 Å². The van der Waals surface area contributed by atoms with Gasteiger partial charge in [-0.3, -0.25) is 0 Å². The van der Waals surface area contributed by atoms with Gasteiger partial charge in [0.05, 0.1) is 0 Å². The van der Waals surface area contributed by atoms with E-state index in [9.17, 15) is 0 Å². The van der Waals surface area contributed by atoms with Crippen LogP contribution in [0.3, 0.4) is 0 Å². The summed E-state index contributed by atoms with van der Waals surface area (Å²) in [5.41, 5.74) is 0. The van der Waals surface area contributed by atoms with Gasteiger partial charge in [-0.15, -0.1) is 0 Å². The molecule has 6 nitrogen and oxygen atoms in total. The lowest BCUT2D eigenvalue weighted by Crippen LogP contribution is -2.38. The van der Waals surface area contributed by atoms with Crippen LogP contribution < -0.4 is 9.80 Å². The maximum atomic E-state index is 6.05. The average molecular weight is 300 g/mol. The molecule has 1 aromatic rings. The van der Waals surface area contributed by atoms with E-state index in [0.717, 1.165) is 39.1 Å². The Kier molecular flexibility index (Phi) is 5.37. The van der Waals surface area contributed by atoms with Crippen LogP contribution in [0.4, 0.5) is 11.9 Å². The highest BCUT2D eigenvalue weighted by atomic mass is 35.5. The highest BCUT2D eigenvalue weighted by molar-refractivity contribution is 6.28. The Hall–Kier alpha value is -1.14. The molecule has 1 fully saturated rings. The first-order valence-electron chi connectivity index (χ1n) is 7.12. The van der Waals surface area contributed by atoms with Crippen molar-refractivity contribution >= 4 is 23.5 Å². The van der Waals surface area contributed by atoms with E-state index >= 15 is 0 Å². The maximum absolute atomic E-state index is 6.05. The predicted molar refractivity (Wildman–Crippen MR) is 80.6 cm³/mol. The average Bonchev–Trinajstić information content (AvgIpc) is 2.48. The molecule has 1 aromatic heterocycles. The highest BCUT2D eigenvalue weighted by Gasteiger charge is 2.22. The number of hydrogen-bond donors (Lipinski definition) is 0. The van der Waals surface area contributed by atoms with Crippen LogP contribution in [0.15, 0.2) is 0 Å². The third-order valence-electron chi connectivity index (χ3n) is 3.68.